The number of aryl methyl sites for hydroxylation is 1. The van der Waals surface area contributed by atoms with Gasteiger partial charge >= 0.3 is 0 Å². The monoisotopic (exact) mass is 440 g/mol. The first-order valence-corrected chi connectivity index (χ1v) is 11.5. The highest BCUT2D eigenvalue weighted by Gasteiger charge is 2.26. The predicted octanol–water partition coefficient (Wildman–Crippen LogP) is 3.63. The summed E-state index contributed by atoms with van der Waals surface area (Å²) in [4.78, 5) is 19.5. The van der Waals surface area contributed by atoms with E-state index in [0.717, 1.165) is 93.0 Å². The molecule has 5 rings (SSSR count). The van der Waals surface area contributed by atoms with Crippen molar-refractivity contribution >= 4 is 28.6 Å². The van der Waals surface area contributed by atoms with Crippen molar-refractivity contribution in [3.63, 3.8) is 0 Å². The van der Waals surface area contributed by atoms with Crippen LogP contribution in [-0.2, 0) is 11.3 Å². The summed E-state index contributed by atoms with van der Waals surface area (Å²) in [7, 11) is 2.16. The lowest BCUT2D eigenvalue weighted by atomic mass is 10.0. The van der Waals surface area contributed by atoms with Crippen LogP contribution in [0.5, 0.6) is 0 Å². The van der Waals surface area contributed by atoms with E-state index >= 15 is 0 Å². The summed E-state index contributed by atoms with van der Waals surface area (Å²) in [5, 5.41) is 0.699. The molecule has 8 heteroatoms. The number of hydrogen-bond donors (Lipinski definition) is 0. The maximum atomic E-state index is 6.61. The second-order valence-corrected chi connectivity index (χ2v) is 9.07. The van der Waals surface area contributed by atoms with Crippen molar-refractivity contribution in [1.82, 2.24) is 24.4 Å². The third-order valence-electron chi connectivity index (χ3n) is 6.30. The van der Waals surface area contributed by atoms with E-state index in [2.05, 4.69) is 21.4 Å². The highest BCUT2D eigenvalue weighted by Crippen LogP contribution is 2.34. The fourth-order valence-electron chi connectivity index (χ4n) is 4.56. The van der Waals surface area contributed by atoms with Gasteiger partial charge in [0.05, 0.1) is 11.6 Å². The summed E-state index contributed by atoms with van der Waals surface area (Å²) in [6, 6.07) is 7.91. The molecule has 0 spiro atoms. The maximum Gasteiger partial charge on any atom is 0.166 e. The number of halogens is 1. The average molecular weight is 441 g/mol. The molecule has 7 nitrogen and oxygen atoms in total. The number of hydrogen-bond acceptors (Lipinski definition) is 6. The summed E-state index contributed by atoms with van der Waals surface area (Å²) in [6.07, 6.45) is 2.25. The molecule has 4 heterocycles. The number of piperazine rings is 1. The molecule has 0 N–H and O–H groups in total. The van der Waals surface area contributed by atoms with E-state index in [9.17, 15) is 0 Å². The van der Waals surface area contributed by atoms with Crippen LogP contribution in [0, 0.1) is 12.8 Å². The van der Waals surface area contributed by atoms with Gasteiger partial charge in [0.25, 0.3) is 0 Å². The standard InChI is InChI=1S/C23H29ClN6O/c1-16-25-22(29-11-9-28(2)10-12-29)20-23(26-16)30(14-17-6-5-13-31-15-17)21(27-20)18-7-3-4-8-19(18)24/h3-4,7-8,17H,5-6,9-15H2,1-2H3. The van der Waals surface area contributed by atoms with Gasteiger partial charge < -0.3 is 19.1 Å². The SMILES string of the molecule is Cc1nc(N2CCN(C)CC2)c2nc(-c3ccccc3Cl)n(CC3CCCOC3)c2n1. The normalized spacial score (nSPS) is 20.5. The summed E-state index contributed by atoms with van der Waals surface area (Å²) in [5.41, 5.74) is 2.68. The van der Waals surface area contributed by atoms with Crippen molar-refractivity contribution in [3.05, 3.63) is 35.1 Å². The zero-order valence-electron chi connectivity index (χ0n) is 18.2. The third kappa shape index (κ3) is 4.14. The number of nitrogens with zero attached hydrogens (tertiary/aromatic N) is 6. The lowest BCUT2D eigenvalue weighted by Crippen LogP contribution is -2.45. The molecule has 0 bridgehead atoms. The van der Waals surface area contributed by atoms with Crippen LogP contribution in [0.2, 0.25) is 5.02 Å². The first-order chi connectivity index (χ1) is 15.1. The van der Waals surface area contributed by atoms with Crippen LogP contribution in [0.25, 0.3) is 22.6 Å². The number of likely N-dealkylation sites (N-methyl/N-ethyl adjacent to an activating group) is 1. The van der Waals surface area contributed by atoms with E-state index in [1.54, 1.807) is 0 Å². The van der Waals surface area contributed by atoms with Gasteiger partial charge in [0.1, 0.15) is 11.6 Å². The highest BCUT2D eigenvalue weighted by molar-refractivity contribution is 6.33. The molecule has 2 fully saturated rings. The van der Waals surface area contributed by atoms with Crippen LogP contribution in [0.4, 0.5) is 5.82 Å². The van der Waals surface area contributed by atoms with E-state index in [-0.39, 0.29) is 0 Å². The van der Waals surface area contributed by atoms with Crippen molar-refractivity contribution in [2.75, 3.05) is 51.3 Å². The molecule has 2 saturated heterocycles. The third-order valence-corrected chi connectivity index (χ3v) is 6.63. The Balaban J connectivity index is 1.66. The van der Waals surface area contributed by atoms with E-state index < -0.39 is 0 Å². The number of anilines is 1. The molecule has 0 amide bonds. The molecule has 0 radical (unpaired) electrons. The lowest BCUT2D eigenvalue weighted by molar-refractivity contribution is 0.0489. The summed E-state index contributed by atoms with van der Waals surface area (Å²) < 4.78 is 8.00. The number of imidazole rings is 1. The number of rotatable bonds is 4. The van der Waals surface area contributed by atoms with E-state index in [0.29, 0.717) is 10.9 Å². The van der Waals surface area contributed by atoms with Crippen LogP contribution in [-0.4, -0.2) is 70.9 Å². The minimum Gasteiger partial charge on any atom is -0.381 e. The lowest BCUT2D eigenvalue weighted by Gasteiger charge is -2.33. The quantitative estimate of drug-likeness (QED) is 0.617. The molecule has 31 heavy (non-hydrogen) atoms. The van der Waals surface area contributed by atoms with Crippen LogP contribution in [0.1, 0.15) is 18.7 Å². The zero-order chi connectivity index (χ0) is 21.4. The first kappa shape index (κ1) is 20.7. The fourth-order valence-corrected chi connectivity index (χ4v) is 4.78. The van der Waals surface area contributed by atoms with Crippen molar-refractivity contribution in [3.8, 4) is 11.4 Å². The van der Waals surface area contributed by atoms with Gasteiger partial charge in [-0.1, -0.05) is 23.7 Å². The van der Waals surface area contributed by atoms with Gasteiger partial charge in [0.2, 0.25) is 0 Å². The topological polar surface area (TPSA) is 59.3 Å². The minimum absolute atomic E-state index is 0.440. The van der Waals surface area contributed by atoms with Crippen LogP contribution < -0.4 is 4.90 Å². The van der Waals surface area contributed by atoms with E-state index in [4.69, 9.17) is 31.3 Å². The van der Waals surface area contributed by atoms with Gasteiger partial charge in [-0.3, -0.25) is 0 Å². The second kappa shape index (κ2) is 8.73. The summed E-state index contributed by atoms with van der Waals surface area (Å²) in [6.45, 7) is 8.32. The molecule has 1 aromatic carbocycles. The second-order valence-electron chi connectivity index (χ2n) is 8.67. The predicted molar refractivity (Wildman–Crippen MR) is 124 cm³/mol. The van der Waals surface area contributed by atoms with E-state index in [1.807, 2.05) is 31.2 Å². The minimum atomic E-state index is 0.440. The van der Waals surface area contributed by atoms with Crippen molar-refractivity contribution in [1.29, 1.82) is 0 Å². The Labute approximate surface area is 188 Å². The highest BCUT2D eigenvalue weighted by atomic mass is 35.5. The molecule has 2 aromatic heterocycles. The number of aromatic nitrogens is 4. The Morgan fingerprint density at radius 1 is 1.10 bits per heavy atom. The molecule has 3 aromatic rings. The summed E-state index contributed by atoms with van der Waals surface area (Å²) >= 11 is 6.61. The van der Waals surface area contributed by atoms with Gasteiger partial charge in [-0.2, -0.15) is 0 Å². The van der Waals surface area contributed by atoms with Gasteiger partial charge in [-0.25, -0.2) is 15.0 Å². The molecule has 1 atom stereocenters. The molecule has 1 unspecified atom stereocenters. The Morgan fingerprint density at radius 2 is 1.90 bits per heavy atom. The number of ether oxygens (including phenoxy) is 1. The van der Waals surface area contributed by atoms with Gasteiger partial charge in [-0.15, -0.1) is 0 Å². The molecule has 2 aliphatic rings. The van der Waals surface area contributed by atoms with E-state index in [1.165, 1.54) is 0 Å². The Hall–Kier alpha value is -2.22. The Bertz CT molecular complexity index is 1070. The smallest absolute Gasteiger partial charge is 0.166 e. The molecular weight excluding hydrogens is 412 g/mol. The molecular formula is C23H29ClN6O. The van der Waals surface area contributed by atoms with Gasteiger partial charge in [-0.05, 0) is 38.9 Å². The van der Waals surface area contributed by atoms with Crippen LogP contribution >= 0.6 is 11.6 Å². The maximum absolute atomic E-state index is 6.61. The largest absolute Gasteiger partial charge is 0.381 e. The molecule has 164 valence electrons. The number of benzene rings is 1. The zero-order valence-corrected chi connectivity index (χ0v) is 19.0. The number of fused-ring (bicyclic) bond motifs is 1. The molecule has 0 aliphatic carbocycles. The molecule has 0 saturated carbocycles. The summed E-state index contributed by atoms with van der Waals surface area (Å²) in [5.74, 6) is 3.01. The van der Waals surface area contributed by atoms with Crippen molar-refractivity contribution < 1.29 is 4.74 Å². The average Bonchev–Trinajstić information content (AvgIpc) is 3.13. The van der Waals surface area contributed by atoms with Crippen molar-refractivity contribution in [2.24, 2.45) is 5.92 Å². The fraction of sp³-hybridized carbons (Fsp3) is 0.522. The Morgan fingerprint density at radius 3 is 2.65 bits per heavy atom. The van der Waals surface area contributed by atoms with Crippen molar-refractivity contribution in [2.45, 2.75) is 26.3 Å². The first-order valence-electron chi connectivity index (χ1n) is 11.1. The Kier molecular flexibility index (Phi) is 5.82. The van der Waals surface area contributed by atoms with Gasteiger partial charge in [0.15, 0.2) is 17.0 Å². The molecule has 2 aliphatic heterocycles. The van der Waals surface area contributed by atoms with Crippen LogP contribution in [0.15, 0.2) is 24.3 Å². The van der Waals surface area contributed by atoms with Crippen LogP contribution in [0.3, 0.4) is 0 Å². The van der Waals surface area contributed by atoms with Gasteiger partial charge in [0, 0.05) is 50.8 Å².